The summed E-state index contributed by atoms with van der Waals surface area (Å²) in [6.07, 6.45) is 5.67. The van der Waals surface area contributed by atoms with Crippen LogP contribution in [0.2, 0.25) is 0 Å². The summed E-state index contributed by atoms with van der Waals surface area (Å²) in [7, 11) is 0. The third-order valence-corrected chi connectivity index (χ3v) is 6.20. The molecule has 0 aromatic heterocycles. The Morgan fingerprint density at radius 2 is 1.85 bits per heavy atom. The van der Waals surface area contributed by atoms with Crippen molar-refractivity contribution in [3.63, 3.8) is 0 Å². The van der Waals surface area contributed by atoms with Gasteiger partial charge in [0.2, 0.25) is 5.91 Å². The number of piperidine rings is 2. The van der Waals surface area contributed by atoms with Crippen LogP contribution in [0.15, 0.2) is 24.3 Å². The zero-order chi connectivity index (χ0) is 18.2. The van der Waals surface area contributed by atoms with Gasteiger partial charge in [-0.3, -0.25) is 13.9 Å². The lowest BCUT2D eigenvalue weighted by molar-refractivity contribution is -0.121. The summed E-state index contributed by atoms with van der Waals surface area (Å²) < 4.78 is 2.46. The second-order valence-corrected chi connectivity index (χ2v) is 8.21. The second-order valence-electron chi connectivity index (χ2n) is 7.14. The summed E-state index contributed by atoms with van der Waals surface area (Å²) in [5.41, 5.74) is 2.12. The maximum Gasteiger partial charge on any atom is 0.225 e. The number of carbonyl (C=O) groups excluding carboxylic acids is 2. The van der Waals surface area contributed by atoms with Crippen LogP contribution in [0.3, 0.4) is 0 Å². The standard InChI is InChI=1S/C20H29N3O2S/c24-19-7-12-22(13-8-19)14-9-20(25)21-18-6-4-5-17(15-18)16-26-23-10-2-1-3-11-23/h4-6,15H,1-3,7-14,16H2,(H,21,25). The lowest BCUT2D eigenvalue weighted by Gasteiger charge is -2.25. The predicted octanol–water partition coefficient (Wildman–Crippen LogP) is 3.31. The first kappa shape index (κ1) is 19.4. The van der Waals surface area contributed by atoms with E-state index in [4.69, 9.17) is 0 Å². The van der Waals surface area contributed by atoms with Gasteiger partial charge in [0.05, 0.1) is 0 Å². The number of ketones is 1. The van der Waals surface area contributed by atoms with E-state index >= 15 is 0 Å². The van der Waals surface area contributed by atoms with E-state index in [2.05, 4.69) is 26.7 Å². The lowest BCUT2D eigenvalue weighted by atomic mass is 10.1. The van der Waals surface area contributed by atoms with Gasteiger partial charge in [0.15, 0.2) is 0 Å². The molecule has 1 amide bonds. The Balaban J connectivity index is 1.40. The van der Waals surface area contributed by atoms with E-state index in [1.165, 1.54) is 37.9 Å². The van der Waals surface area contributed by atoms with Crippen molar-refractivity contribution in [3.8, 4) is 0 Å². The number of rotatable bonds is 7. The van der Waals surface area contributed by atoms with Crippen LogP contribution in [0, 0.1) is 0 Å². The molecule has 142 valence electrons. The first-order chi connectivity index (χ1) is 12.7. The fourth-order valence-electron chi connectivity index (χ4n) is 3.41. The van der Waals surface area contributed by atoms with Crippen molar-refractivity contribution in [3.05, 3.63) is 29.8 Å². The quantitative estimate of drug-likeness (QED) is 0.741. The molecule has 6 heteroatoms. The topological polar surface area (TPSA) is 52.7 Å². The Morgan fingerprint density at radius 3 is 2.62 bits per heavy atom. The van der Waals surface area contributed by atoms with Gasteiger partial charge >= 0.3 is 0 Å². The average Bonchev–Trinajstić information content (AvgIpc) is 2.67. The minimum absolute atomic E-state index is 0.0442. The van der Waals surface area contributed by atoms with Crippen molar-refractivity contribution in [1.82, 2.24) is 9.21 Å². The van der Waals surface area contributed by atoms with Crippen molar-refractivity contribution >= 4 is 29.3 Å². The number of Topliss-reactive ketones (excluding diaryl/α,β-unsaturated/α-hetero) is 1. The highest BCUT2D eigenvalue weighted by molar-refractivity contribution is 7.96. The van der Waals surface area contributed by atoms with Gasteiger partial charge in [-0.25, -0.2) is 0 Å². The van der Waals surface area contributed by atoms with E-state index in [-0.39, 0.29) is 5.91 Å². The second kappa shape index (κ2) is 10.1. The smallest absolute Gasteiger partial charge is 0.225 e. The third-order valence-electron chi connectivity index (χ3n) is 5.01. The molecule has 3 rings (SSSR count). The molecule has 0 saturated carbocycles. The monoisotopic (exact) mass is 375 g/mol. The Labute approximate surface area is 160 Å². The summed E-state index contributed by atoms with van der Waals surface area (Å²) in [6.45, 7) is 4.67. The van der Waals surface area contributed by atoms with Gasteiger partial charge in [-0.1, -0.05) is 30.5 Å². The largest absolute Gasteiger partial charge is 0.326 e. The van der Waals surface area contributed by atoms with Crippen LogP contribution in [0.4, 0.5) is 5.69 Å². The Kier molecular flexibility index (Phi) is 7.53. The first-order valence-corrected chi connectivity index (χ1v) is 10.6. The van der Waals surface area contributed by atoms with E-state index in [0.29, 0.717) is 25.0 Å². The van der Waals surface area contributed by atoms with Gasteiger partial charge in [0.1, 0.15) is 5.78 Å². The van der Waals surface area contributed by atoms with Crippen LogP contribution in [0.5, 0.6) is 0 Å². The van der Waals surface area contributed by atoms with Gasteiger partial charge in [0.25, 0.3) is 0 Å². The molecular weight excluding hydrogens is 346 g/mol. The van der Waals surface area contributed by atoms with E-state index in [0.717, 1.165) is 31.1 Å². The summed E-state index contributed by atoms with van der Waals surface area (Å²) in [6, 6.07) is 8.16. The summed E-state index contributed by atoms with van der Waals surface area (Å²) in [5.74, 6) is 1.33. The minimum Gasteiger partial charge on any atom is -0.326 e. The molecule has 0 radical (unpaired) electrons. The molecule has 0 unspecified atom stereocenters. The summed E-state index contributed by atoms with van der Waals surface area (Å²) in [5, 5.41) is 3.01. The van der Waals surface area contributed by atoms with E-state index in [1.54, 1.807) is 0 Å². The molecule has 1 N–H and O–H groups in total. The lowest BCUT2D eigenvalue weighted by Crippen LogP contribution is -2.35. The van der Waals surface area contributed by atoms with Gasteiger partial charge in [-0.15, -0.1) is 0 Å². The number of nitrogens with one attached hydrogen (secondary N) is 1. The molecule has 2 saturated heterocycles. The highest BCUT2D eigenvalue weighted by Crippen LogP contribution is 2.23. The Hall–Kier alpha value is -1.37. The highest BCUT2D eigenvalue weighted by atomic mass is 32.2. The SMILES string of the molecule is O=C1CCN(CCC(=O)Nc2cccc(CSN3CCCCC3)c2)CC1. The third kappa shape index (κ3) is 6.41. The van der Waals surface area contributed by atoms with Crippen molar-refractivity contribution in [2.75, 3.05) is 38.0 Å². The van der Waals surface area contributed by atoms with Crippen molar-refractivity contribution in [2.45, 2.75) is 44.3 Å². The minimum atomic E-state index is 0.0442. The van der Waals surface area contributed by atoms with Gasteiger partial charge in [-0.05, 0) is 30.5 Å². The number of hydrogen-bond donors (Lipinski definition) is 1. The molecule has 1 aromatic carbocycles. The molecule has 2 aliphatic heterocycles. The van der Waals surface area contributed by atoms with Crippen LogP contribution in [0.25, 0.3) is 0 Å². The zero-order valence-corrected chi connectivity index (χ0v) is 16.2. The first-order valence-electron chi connectivity index (χ1n) is 9.70. The van der Waals surface area contributed by atoms with Crippen molar-refractivity contribution in [1.29, 1.82) is 0 Å². The predicted molar refractivity (Wildman–Crippen MR) is 107 cm³/mol. The van der Waals surface area contributed by atoms with Crippen LogP contribution in [-0.2, 0) is 15.3 Å². The average molecular weight is 376 g/mol. The number of amides is 1. The van der Waals surface area contributed by atoms with Crippen LogP contribution in [-0.4, -0.2) is 53.6 Å². The van der Waals surface area contributed by atoms with Gasteiger partial charge in [-0.2, -0.15) is 0 Å². The van der Waals surface area contributed by atoms with Crippen LogP contribution < -0.4 is 5.32 Å². The molecule has 1 aromatic rings. The number of benzene rings is 1. The molecule has 2 heterocycles. The fraction of sp³-hybridized carbons (Fsp3) is 0.600. The molecule has 0 atom stereocenters. The number of carbonyl (C=O) groups is 2. The normalized spacial score (nSPS) is 19.5. The molecule has 2 aliphatic rings. The van der Waals surface area contributed by atoms with Crippen molar-refractivity contribution < 1.29 is 9.59 Å². The molecule has 0 aliphatic carbocycles. The summed E-state index contributed by atoms with van der Waals surface area (Å²) >= 11 is 1.89. The van der Waals surface area contributed by atoms with E-state index in [1.807, 2.05) is 24.1 Å². The molecule has 26 heavy (non-hydrogen) atoms. The Morgan fingerprint density at radius 1 is 1.08 bits per heavy atom. The van der Waals surface area contributed by atoms with Crippen molar-refractivity contribution in [2.24, 2.45) is 0 Å². The number of anilines is 1. The molecule has 0 spiro atoms. The molecule has 2 fully saturated rings. The molecule has 5 nitrogen and oxygen atoms in total. The van der Waals surface area contributed by atoms with Crippen LogP contribution in [0.1, 0.15) is 44.1 Å². The van der Waals surface area contributed by atoms with E-state index in [9.17, 15) is 9.59 Å². The summed E-state index contributed by atoms with van der Waals surface area (Å²) in [4.78, 5) is 25.7. The molecule has 0 bridgehead atoms. The number of nitrogens with zero attached hydrogens (tertiary/aromatic N) is 2. The number of likely N-dealkylation sites (tertiary alicyclic amines) is 1. The fourth-order valence-corrected chi connectivity index (χ4v) is 4.44. The van der Waals surface area contributed by atoms with E-state index < -0.39 is 0 Å². The maximum absolute atomic E-state index is 12.2. The molecular formula is C20H29N3O2S. The Bertz CT molecular complexity index is 607. The zero-order valence-electron chi connectivity index (χ0n) is 15.4. The van der Waals surface area contributed by atoms with Gasteiger partial charge in [0, 0.05) is 63.4 Å². The maximum atomic E-state index is 12.2. The highest BCUT2D eigenvalue weighted by Gasteiger charge is 2.16. The van der Waals surface area contributed by atoms with Crippen LogP contribution >= 0.6 is 11.9 Å². The van der Waals surface area contributed by atoms with Gasteiger partial charge < -0.3 is 10.2 Å². The number of hydrogen-bond acceptors (Lipinski definition) is 5.